The van der Waals surface area contributed by atoms with Gasteiger partial charge in [0.25, 0.3) is 5.91 Å². The summed E-state index contributed by atoms with van der Waals surface area (Å²) < 4.78 is 1.77. The van der Waals surface area contributed by atoms with Crippen LogP contribution in [-0.2, 0) is 34.4 Å². The summed E-state index contributed by atoms with van der Waals surface area (Å²) in [6.45, 7) is 0.768. The number of benzene rings is 1. The van der Waals surface area contributed by atoms with E-state index in [0.717, 1.165) is 18.4 Å². The quantitative estimate of drug-likeness (QED) is 0.502. The zero-order chi connectivity index (χ0) is 19.2. The normalized spacial score (nSPS) is 14.4. The van der Waals surface area contributed by atoms with E-state index in [1.54, 1.807) is 17.1 Å². The first-order chi connectivity index (χ1) is 13.1. The fourth-order valence-corrected chi connectivity index (χ4v) is 2.94. The van der Waals surface area contributed by atoms with Gasteiger partial charge in [-0.3, -0.25) is 14.4 Å². The summed E-state index contributed by atoms with van der Waals surface area (Å²) in [5, 5.41) is 2.70. The first-order valence-electron chi connectivity index (χ1n) is 9.10. The first kappa shape index (κ1) is 18.8. The van der Waals surface area contributed by atoms with Crippen LogP contribution in [0.25, 0.3) is 0 Å². The lowest BCUT2D eigenvalue weighted by Crippen LogP contribution is -2.48. The van der Waals surface area contributed by atoms with Crippen molar-refractivity contribution < 1.29 is 14.4 Å². The summed E-state index contributed by atoms with van der Waals surface area (Å²) in [6, 6.07) is 8.50. The highest BCUT2D eigenvalue weighted by Gasteiger charge is 2.32. The van der Waals surface area contributed by atoms with Crippen molar-refractivity contribution in [3.8, 4) is 0 Å². The Balaban J connectivity index is 1.76. The van der Waals surface area contributed by atoms with E-state index in [1.807, 2.05) is 37.4 Å². The number of aromatic nitrogens is 2. The highest BCUT2D eigenvalue weighted by atomic mass is 16.2. The molecule has 1 heterocycles. The monoisotopic (exact) mass is 368 g/mol. The van der Waals surface area contributed by atoms with Crippen LogP contribution in [0, 0.1) is 5.92 Å². The lowest BCUT2D eigenvalue weighted by molar-refractivity contribution is -0.143. The fraction of sp³-hybridized carbons (Fsp3) is 0.400. The maximum atomic E-state index is 12.8. The third-order valence-electron chi connectivity index (χ3n) is 4.68. The van der Waals surface area contributed by atoms with Crippen LogP contribution >= 0.6 is 0 Å². The average molecular weight is 368 g/mol. The van der Waals surface area contributed by atoms with Gasteiger partial charge < -0.3 is 14.8 Å². The molecule has 2 aromatic rings. The van der Waals surface area contributed by atoms with Gasteiger partial charge in [0.15, 0.2) is 0 Å². The summed E-state index contributed by atoms with van der Waals surface area (Å²) in [6.07, 6.45) is 6.41. The molecule has 1 fully saturated rings. The number of aryl methyl sites for hydroxylation is 1. The first-order valence-corrected chi connectivity index (χ1v) is 9.10. The molecule has 2 amide bonds. The molecule has 142 valence electrons. The van der Waals surface area contributed by atoms with E-state index in [9.17, 15) is 14.4 Å². The highest BCUT2D eigenvalue weighted by Crippen LogP contribution is 2.27. The van der Waals surface area contributed by atoms with Crippen LogP contribution < -0.4 is 5.32 Å². The number of amides is 2. The van der Waals surface area contributed by atoms with Gasteiger partial charge in [0, 0.05) is 32.8 Å². The molecule has 27 heavy (non-hydrogen) atoms. The topological polar surface area (TPSA) is 84.3 Å². The number of nitrogens with one attached hydrogen (secondary N) is 1. The smallest absolute Gasteiger partial charge is 0.289 e. The molecule has 0 unspecified atom stereocenters. The number of imidazole rings is 1. The van der Waals surface area contributed by atoms with Crippen molar-refractivity contribution in [3.05, 3.63) is 54.1 Å². The zero-order valence-electron chi connectivity index (χ0n) is 15.4. The van der Waals surface area contributed by atoms with Crippen LogP contribution in [0.1, 0.15) is 24.1 Å². The van der Waals surface area contributed by atoms with Gasteiger partial charge in [0.1, 0.15) is 6.04 Å². The van der Waals surface area contributed by atoms with Crippen molar-refractivity contribution in [1.82, 2.24) is 19.8 Å². The fourth-order valence-electron chi connectivity index (χ4n) is 2.94. The third-order valence-corrected chi connectivity index (χ3v) is 4.68. The van der Waals surface area contributed by atoms with Gasteiger partial charge in [-0.1, -0.05) is 30.3 Å². The van der Waals surface area contributed by atoms with Gasteiger partial charge in [-0.2, -0.15) is 0 Å². The average Bonchev–Trinajstić information content (AvgIpc) is 3.43. The Morgan fingerprint density at radius 2 is 2.07 bits per heavy atom. The van der Waals surface area contributed by atoms with Gasteiger partial charge in [-0.15, -0.1) is 0 Å². The van der Waals surface area contributed by atoms with E-state index in [0.29, 0.717) is 24.6 Å². The molecule has 0 bridgehead atoms. The summed E-state index contributed by atoms with van der Waals surface area (Å²) in [5.41, 5.74) is 1.55. The van der Waals surface area contributed by atoms with E-state index in [1.165, 1.54) is 4.90 Å². The predicted octanol–water partition coefficient (Wildman–Crippen LogP) is 1.09. The SMILES string of the molecule is Cn1cnc(C[C@@H](C(=O)C(=O)NCC2CC2)N(C=O)Cc2ccccc2)c1. The molecule has 1 aromatic carbocycles. The van der Waals surface area contributed by atoms with Gasteiger partial charge >= 0.3 is 0 Å². The molecule has 3 rings (SSSR count). The molecule has 1 aliphatic rings. The lowest BCUT2D eigenvalue weighted by atomic mass is 10.0. The minimum atomic E-state index is -0.892. The summed E-state index contributed by atoms with van der Waals surface area (Å²) in [7, 11) is 1.83. The third kappa shape index (κ3) is 5.26. The second-order valence-electron chi connectivity index (χ2n) is 7.03. The van der Waals surface area contributed by atoms with Crippen molar-refractivity contribution in [1.29, 1.82) is 0 Å². The van der Waals surface area contributed by atoms with E-state index in [4.69, 9.17) is 0 Å². The Labute approximate surface area is 158 Å². The summed E-state index contributed by atoms with van der Waals surface area (Å²) in [4.78, 5) is 42.6. The molecule has 1 saturated carbocycles. The Hall–Kier alpha value is -2.96. The number of hydrogen-bond donors (Lipinski definition) is 1. The number of nitrogens with zero attached hydrogens (tertiary/aromatic N) is 3. The molecule has 0 spiro atoms. The van der Waals surface area contributed by atoms with Crippen LogP contribution in [0.4, 0.5) is 0 Å². The number of rotatable bonds is 10. The Kier molecular flexibility index (Phi) is 6.01. The number of carbonyl (C=O) groups is 3. The van der Waals surface area contributed by atoms with E-state index < -0.39 is 17.7 Å². The second-order valence-corrected chi connectivity index (χ2v) is 7.03. The van der Waals surface area contributed by atoms with Crippen LogP contribution in [0.3, 0.4) is 0 Å². The highest BCUT2D eigenvalue weighted by molar-refractivity contribution is 6.38. The largest absolute Gasteiger partial charge is 0.349 e. The van der Waals surface area contributed by atoms with Crippen LogP contribution in [-0.4, -0.2) is 45.1 Å². The summed E-state index contributed by atoms with van der Waals surface area (Å²) in [5.74, 6) is -0.769. The standard InChI is InChI=1S/C20H24N4O3/c1-23-12-17(22-13-23)9-18(19(26)20(27)21-10-15-7-8-15)24(14-25)11-16-5-3-2-4-6-16/h2-6,12-15,18H,7-11H2,1H3,(H,21,27)/t18-/m0/s1. The minimum absolute atomic E-state index is 0.197. The van der Waals surface area contributed by atoms with Crippen molar-refractivity contribution in [2.75, 3.05) is 6.54 Å². The molecule has 1 aliphatic carbocycles. The van der Waals surface area contributed by atoms with E-state index >= 15 is 0 Å². The van der Waals surface area contributed by atoms with Gasteiger partial charge in [-0.05, 0) is 24.3 Å². The molecule has 0 radical (unpaired) electrons. The van der Waals surface area contributed by atoms with Crippen LogP contribution in [0.2, 0.25) is 0 Å². The molecule has 0 saturated heterocycles. The van der Waals surface area contributed by atoms with Crippen molar-refractivity contribution in [3.63, 3.8) is 0 Å². The molecule has 1 N–H and O–H groups in total. The van der Waals surface area contributed by atoms with Gasteiger partial charge in [-0.25, -0.2) is 4.98 Å². The van der Waals surface area contributed by atoms with Crippen molar-refractivity contribution >= 4 is 18.1 Å². The van der Waals surface area contributed by atoms with Crippen molar-refractivity contribution in [2.45, 2.75) is 31.8 Å². The van der Waals surface area contributed by atoms with Gasteiger partial charge in [0.05, 0.1) is 12.0 Å². The van der Waals surface area contributed by atoms with Crippen molar-refractivity contribution in [2.24, 2.45) is 13.0 Å². The number of Topliss-reactive ketones (excluding diaryl/α,β-unsaturated/α-hetero) is 1. The van der Waals surface area contributed by atoms with Crippen LogP contribution in [0.5, 0.6) is 0 Å². The second kappa shape index (κ2) is 8.62. The maximum Gasteiger partial charge on any atom is 0.289 e. The molecule has 7 heteroatoms. The molecule has 7 nitrogen and oxygen atoms in total. The zero-order valence-corrected chi connectivity index (χ0v) is 15.4. The Bertz CT molecular complexity index is 799. The Morgan fingerprint density at radius 1 is 1.33 bits per heavy atom. The lowest BCUT2D eigenvalue weighted by Gasteiger charge is -2.26. The molecule has 1 atom stereocenters. The number of hydrogen-bond acceptors (Lipinski definition) is 4. The summed E-state index contributed by atoms with van der Waals surface area (Å²) >= 11 is 0. The van der Waals surface area contributed by atoms with Gasteiger partial charge in [0.2, 0.25) is 12.2 Å². The molecular weight excluding hydrogens is 344 g/mol. The van der Waals surface area contributed by atoms with E-state index in [2.05, 4.69) is 10.3 Å². The maximum absolute atomic E-state index is 12.8. The Morgan fingerprint density at radius 3 is 2.67 bits per heavy atom. The molecular formula is C20H24N4O3. The number of carbonyl (C=O) groups excluding carboxylic acids is 3. The van der Waals surface area contributed by atoms with E-state index in [-0.39, 0.29) is 13.0 Å². The van der Waals surface area contributed by atoms with Crippen LogP contribution in [0.15, 0.2) is 42.9 Å². The number of ketones is 1. The molecule has 1 aromatic heterocycles. The molecule has 0 aliphatic heterocycles. The predicted molar refractivity (Wildman–Crippen MR) is 99.5 cm³/mol. The minimum Gasteiger partial charge on any atom is -0.349 e.